The van der Waals surface area contributed by atoms with Crippen LogP contribution in [0.25, 0.3) is 10.9 Å². The van der Waals surface area contributed by atoms with E-state index >= 15 is 0 Å². The van der Waals surface area contributed by atoms with Gasteiger partial charge in [-0.05, 0) is 38.3 Å². The first-order chi connectivity index (χ1) is 10.7. The van der Waals surface area contributed by atoms with Crippen molar-refractivity contribution in [1.29, 1.82) is 0 Å². The molecule has 4 nitrogen and oxygen atoms in total. The van der Waals surface area contributed by atoms with Crippen LogP contribution in [0.2, 0.25) is 0 Å². The Hall–Kier alpha value is -1.68. The van der Waals surface area contributed by atoms with Gasteiger partial charge in [-0.3, -0.25) is 0 Å². The number of benzene rings is 1. The number of aromatic nitrogens is 1. The zero-order chi connectivity index (χ0) is 15.9. The van der Waals surface area contributed by atoms with Gasteiger partial charge in [0.05, 0.1) is 18.7 Å². The Kier molecular flexibility index (Phi) is 6.13. The topological polar surface area (TPSA) is 43.6 Å². The normalized spacial score (nSPS) is 11.1. The van der Waals surface area contributed by atoms with E-state index in [1.807, 2.05) is 13.8 Å². The first-order valence-electron chi connectivity index (χ1n) is 8.27. The molecule has 2 aromatic rings. The Morgan fingerprint density at radius 3 is 2.32 bits per heavy atom. The van der Waals surface area contributed by atoms with Crippen molar-refractivity contribution in [2.75, 3.05) is 19.8 Å². The second kappa shape index (κ2) is 8.08. The highest BCUT2D eigenvalue weighted by Gasteiger charge is 2.14. The maximum atomic E-state index is 9.10. The zero-order valence-corrected chi connectivity index (χ0v) is 13.9. The lowest BCUT2D eigenvalue weighted by Gasteiger charge is -2.12. The molecule has 1 aromatic carbocycles. The predicted octanol–water partition coefficient (Wildman–Crippen LogP) is 3.77. The summed E-state index contributed by atoms with van der Waals surface area (Å²) in [5, 5.41) is 10.3. The molecule has 0 aliphatic carbocycles. The molecule has 0 unspecified atom stereocenters. The molecule has 4 heteroatoms. The summed E-state index contributed by atoms with van der Waals surface area (Å²) in [7, 11) is 0. The molecule has 0 bridgehead atoms. The molecule has 2 rings (SSSR count). The summed E-state index contributed by atoms with van der Waals surface area (Å²) in [6, 6.07) is 4.17. The molecule has 0 amide bonds. The van der Waals surface area contributed by atoms with Crippen LogP contribution in [0.3, 0.4) is 0 Å². The lowest BCUT2D eigenvalue weighted by Crippen LogP contribution is -2.01. The Balaban J connectivity index is 2.53. The minimum atomic E-state index is 0.206. The molecule has 22 heavy (non-hydrogen) atoms. The van der Waals surface area contributed by atoms with Gasteiger partial charge in [-0.1, -0.05) is 13.3 Å². The number of aliphatic hydroxyl groups is 1. The van der Waals surface area contributed by atoms with Crippen molar-refractivity contribution in [3.8, 4) is 11.5 Å². The number of aryl methyl sites for hydroxylation is 2. The van der Waals surface area contributed by atoms with E-state index in [1.165, 1.54) is 10.9 Å². The van der Waals surface area contributed by atoms with Gasteiger partial charge in [-0.25, -0.2) is 0 Å². The molecular weight excluding hydrogens is 278 g/mol. The maximum Gasteiger partial charge on any atom is 0.163 e. The van der Waals surface area contributed by atoms with E-state index in [0.717, 1.165) is 42.8 Å². The summed E-state index contributed by atoms with van der Waals surface area (Å²) in [6.07, 6.45) is 5.11. The van der Waals surface area contributed by atoms with Gasteiger partial charge in [0.25, 0.3) is 0 Å². The van der Waals surface area contributed by atoms with Crippen LogP contribution in [0.15, 0.2) is 18.3 Å². The van der Waals surface area contributed by atoms with Crippen LogP contribution in [-0.2, 0) is 13.0 Å². The minimum Gasteiger partial charge on any atom is -0.490 e. The Morgan fingerprint density at radius 2 is 1.73 bits per heavy atom. The monoisotopic (exact) mass is 305 g/mol. The molecule has 0 fully saturated rings. The molecule has 0 atom stereocenters. The fourth-order valence-corrected chi connectivity index (χ4v) is 2.80. The van der Waals surface area contributed by atoms with Crippen LogP contribution in [0.1, 0.15) is 39.2 Å². The average Bonchev–Trinajstić information content (AvgIpc) is 2.84. The van der Waals surface area contributed by atoms with Gasteiger partial charge in [0, 0.05) is 30.8 Å². The van der Waals surface area contributed by atoms with E-state index in [0.29, 0.717) is 13.2 Å². The number of hydrogen-bond acceptors (Lipinski definition) is 3. The van der Waals surface area contributed by atoms with Crippen molar-refractivity contribution in [1.82, 2.24) is 4.57 Å². The predicted molar refractivity (Wildman–Crippen MR) is 90.0 cm³/mol. The highest BCUT2D eigenvalue weighted by Crippen LogP contribution is 2.35. The van der Waals surface area contributed by atoms with Crippen molar-refractivity contribution < 1.29 is 14.6 Å². The first-order valence-corrected chi connectivity index (χ1v) is 8.27. The van der Waals surface area contributed by atoms with Gasteiger partial charge >= 0.3 is 0 Å². The number of nitrogens with zero attached hydrogens (tertiary/aromatic N) is 1. The van der Waals surface area contributed by atoms with E-state index in [9.17, 15) is 0 Å². The van der Waals surface area contributed by atoms with E-state index in [4.69, 9.17) is 14.6 Å². The van der Waals surface area contributed by atoms with Gasteiger partial charge in [0.1, 0.15) is 0 Å². The third kappa shape index (κ3) is 3.55. The molecular formula is C18H27NO3. The summed E-state index contributed by atoms with van der Waals surface area (Å²) in [6.45, 7) is 8.42. The van der Waals surface area contributed by atoms with Crippen LogP contribution < -0.4 is 9.47 Å². The molecule has 122 valence electrons. The van der Waals surface area contributed by atoms with Crippen molar-refractivity contribution in [2.24, 2.45) is 0 Å². The van der Waals surface area contributed by atoms with E-state index < -0.39 is 0 Å². The molecule has 0 aliphatic heterocycles. The fourth-order valence-electron chi connectivity index (χ4n) is 2.80. The summed E-state index contributed by atoms with van der Waals surface area (Å²) < 4.78 is 13.7. The van der Waals surface area contributed by atoms with Gasteiger partial charge in [-0.15, -0.1) is 0 Å². The molecule has 1 heterocycles. The van der Waals surface area contributed by atoms with Gasteiger partial charge in [-0.2, -0.15) is 0 Å². The molecule has 0 aliphatic rings. The quantitative estimate of drug-likeness (QED) is 0.767. The van der Waals surface area contributed by atoms with Gasteiger partial charge < -0.3 is 19.1 Å². The molecule has 0 spiro atoms. The number of aliphatic hydroxyl groups excluding tert-OH is 1. The summed E-state index contributed by atoms with van der Waals surface area (Å²) >= 11 is 0. The summed E-state index contributed by atoms with van der Waals surface area (Å²) in [5.41, 5.74) is 2.49. The van der Waals surface area contributed by atoms with Crippen LogP contribution in [0, 0.1) is 0 Å². The van der Waals surface area contributed by atoms with Crippen molar-refractivity contribution >= 4 is 10.9 Å². The second-order valence-electron chi connectivity index (χ2n) is 5.36. The fraction of sp³-hybridized carbons (Fsp3) is 0.556. The number of fused-ring (bicyclic) bond motifs is 1. The van der Waals surface area contributed by atoms with Crippen molar-refractivity contribution in [3.05, 3.63) is 23.9 Å². The number of rotatable bonds is 9. The number of ether oxygens (including phenoxy) is 2. The van der Waals surface area contributed by atoms with Crippen LogP contribution in [0.5, 0.6) is 11.5 Å². The molecule has 0 saturated carbocycles. The second-order valence-corrected chi connectivity index (χ2v) is 5.36. The standard InChI is InChI=1S/C18H27NO3/c1-4-8-14-13-19(9-7-10-20)16-12-18(22-6-3)17(21-5-2)11-15(14)16/h11-13,20H,4-10H2,1-3H3. The average molecular weight is 305 g/mol. The SMILES string of the molecule is CCCc1cn(CCCO)c2cc(OCC)c(OCC)cc12. The summed E-state index contributed by atoms with van der Waals surface area (Å²) in [4.78, 5) is 0. The highest BCUT2D eigenvalue weighted by atomic mass is 16.5. The minimum absolute atomic E-state index is 0.206. The Bertz CT molecular complexity index is 604. The molecule has 1 aromatic heterocycles. The molecule has 0 radical (unpaired) electrons. The lowest BCUT2D eigenvalue weighted by molar-refractivity contribution is 0.280. The maximum absolute atomic E-state index is 9.10. The van der Waals surface area contributed by atoms with Gasteiger partial charge in [0.15, 0.2) is 11.5 Å². The summed E-state index contributed by atoms with van der Waals surface area (Å²) in [5.74, 6) is 1.61. The first kappa shape index (κ1) is 16.7. The Labute approximate surface area is 132 Å². The largest absolute Gasteiger partial charge is 0.490 e. The van der Waals surface area contributed by atoms with Crippen molar-refractivity contribution in [2.45, 2.75) is 46.6 Å². The zero-order valence-electron chi connectivity index (χ0n) is 13.9. The highest BCUT2D eigenvalue weighted by molar-refractivity contribution is 5.87. The third-order valence-corrected chi connectivity index (χ3v) is 3.71. The lowest BCUT2D eigenvalue weighted by atomic mass is 10.1. The van der Waals surface area contributed by atoms with Crippen LogP contribution in [-0.4, -0.2) is 29.5 Å². The number of hydrogen-bond donors (Lipinski definition) is 1. The Morgan fingerprint density at radius 1 is 1.05 bits per heavy atom. The van der Waals surface area contributed by atoms with E-state index in [2.05, 4.69) is 29.8 Å². The van der Waals surface area contributed by atoms with Crippen LogP contribution in [0.4, 0.5) is 0 Å². The van der Waals surface area contributed by atoms with E-state index in [-0.39, 0.29) is 6.61 Å². The molecule has 1 N–H and O–H groups in total. The third-order valence-electron chi connectivity index (χ3n) is 3.71. The van der Waals surface area contributed by atoms with Crippen LogP contribution >= 0.6 is 0 Å². The van der Waals surface area contributed by atoms with Gasteiger partial charge in [0.2, 0.25) is 0 Å². The smallest absolute Gasteiger partial charge is 0.163 e. The molecule has 0 saturated heterocycles. The van der Waals surface area contributed by atoms with E-state index in [1.54, 1.807) is 0 Å². The van der Waals surface area contributed by atoms with Crippen molar-refractivity contribution in [3.63, 3.8) is 0 Å².